The lowest BCUT2D eigenvalue weighted by atomic mass is 9.78. The summed E-state index contributed by atoms with van der Waals surface area (Å²) in [4.78, 5) is 18.7. The van der Waals surface area contributed by atoms with Crippen molar-refractivity contribution in [1.29, 1.82) is 0 Å². The largest absolute Gasteiger partial charge is 0.432 e. The van der Waals surface area contributed by atoms with E-state index in [9.17, 15) is 9.90 Å². The molecule has 1 aromatic heterocycles. The van der Waals surface area contributed by atoms with Gasteiger partial charge in [-0.1, -0.05) is 12.1 Å². The number of ether oxygens (including phenoxy) is 1. The number of fused-ring (bicyclic) bond motifs is 1. The molecule has 3 heterocycles. The minimum Gasteiger partial charge on any atom is -0.432 e. The Bertz CT molecular complexity index is 726. The summed E-state index contributed by atoms with van der Waals surface area (Å²) in [5.74, 6) is -0.0349. The van der Waals surface area contributed by atoms with Gasteiger partial charge in [0.05, 0.1) is 17.8 Å². The van der Waals surface area contributed by atoms with E-state index in [0.29, 0.717) is 43.6 Å². The fourth-order valence-corrected chi connectivity index (χ4v) is 3.86. The molecule has 2 aliphatic heterocycles. The van der Waals surface area contributed by atoms with Crippen LogP contribution in [0.1, 0.15) is 43.3 Å². The molecule has 1 amide bonds. The van der Waals surface area contributed by atoms with Crippen LogP contribution in [0.3, 0.4) is 0 Å². The first-order valence-electron chi connectivity index (χ1n) is 8.48. The highest BCUT2D eigenvalue weighted by Crippen LogP contribution is 2.39. The summed E-state index contributed by atoms with van der Waals surface area (Å²) in [6.45, 7) is 3.63. The van der Waals surface area contributed by atoms with Gasteiger partial charge < -0.3 is 19.2 Å². The average Bonchev–Trinajstić information content (AvgIpc) is 2.98. The van der Waals surface area contributed by atoms with Gasteiger partial charge in [-0.05, 0) is 38.3 Å². The van der Waals surface area contributed by atoms with Crippen molar-refractivity contribution in [3.8, 4) is 0 Å². The van der Waals surface area contributed by atoms with Crippen molar-refractivity contribution >= 4 is 17.0 Å². The lowest BCUT2D eigenvalue weighted by Gasteiger charge is -2.48. The number of nitrogens with zero attached hydrogens (tertiary/aromatic N) is 2. The number of hydrogen-bond acceptors (Lipinski definition) is 5. The zero-order valence-corrected chi connectivity index (χ0v) is 13.8. The molecule has 2 aliphatic rings. The number of piperidine rings is 1. The molecule has 2 fully saturated rings. The minimum atomic E-state index is -0.676. The smallest absolute Gasteiger partial charge is 0.309 e. The molecule has 1 N–H and O–H groups in total. The summed E-state index contributed by atoms with van der Waals surface area (Å²) in [5, 5.41) is 10.3. The van der Waals surface area contributed by atoms with Crippen molar-refractivity contribution in [1.82, 2.24) is 9.88 Å². The van der Waals surface area contributed by atoms with Gasteiger partial charge in [-0.2, -0.15) is 0 Å². The number of carbonyl (C=O) groups excluding carboxylic acids is 1. The van der Waals surface area contributed by atoms with E-state index >= 15 is 0 Å². The molecule has 0 aliphatic carbocycles. The Kier molecular flexibility index (Phi) is 3.62. The Balaban J connectivity index is 1.46. The van der Waals surface area contributed by atoms with Crippen molar-refractivity contribution in [2.45, 2.75) is 43.8 Å². The number of oxazole rings is 1. The molecule has 1 aromatic carbocycles. The third-order valence-electron chi connectivity index (χ3n) is 5.19. The van der Waals surface area contributed by atoms with Gasteiger partial charge in [-0.25, -0.2) is 4.98 Å². The number of likely N-dealkylation sites (tertiary alicyclic amines) is 1. The van der Waals surface area contributed by atoms with Gasteiger partial charge in [0.2, 0.25) is 0 Å². The molecular formula is C18H22N2O4. The number of carbonyl (C=O) groups is 1. The van der Waals surface area contributed by atoms with Crippen LogP contribution in [-0.4, -0.2) is 51.8 Å². The zero-order valence-electron chi connectivity index (χ0n) is 13.8. The highest BCUT2D eigenvalue weighted by Gasteiger charge is 2.45. The fraction of sp³-hybridized carbons (Fsp3) is 0.556. The molecule has 128 valence electrons. The van der Waals surface area contributed by atoms with Crippen LogP contribution in [0, 0.1) is 0 Å². The third kappa shape index (κ3) is 2.80. The van der Waals surface area contributed by atoms with Gasteiger partial charge in [0.15, 0.2) is 5.58 Å². The van der Waals surface area contributed by atoms with E-state index in [1.165, 1.54) is 0 Å². The van der Waals surface area contributed by atoms with Gasteiger partial charge in [-0.15, -0.1) is 0 Å². The molecule has 1 spiro atoms. The maximum Gasteiger partial charge on any atom is 0.309 e. The van der Waals surface area contributed by atoms with Crippen LogP contribution in [-0.2, 0) is 4.74 Å². The predicted molar refractivity (Wildman–Crippen MR) is 87.7 cm³/mol. The Morgan fingerprint density at radius 3 is 2.71 bits per heavy atom. The lowest BCUT2D eigenvalue weighted by Crippen LogP contribution is -2.54. The molecule has 0 radical (unpaired) electrons. The summed E-state index contributed by atoms with van der Waals surface area (Å²) in [6.07, 6.45) is 2.76. The SMILES string of the molecule is CC1(O)CCOC2(CCN(C(=O)c3nc4ccccc4o3)CC2)C1. The standard InChI is InChI=1S/C18H22N2O4/c1-17(22)8-11-23-18(12-17)6-9-20(10-7-18)16(21)15-19-13-4-2-3-5-14(13)24-15/h2-5,22H,6-12H2,1H3. The van der Waals surface area contributed by atoms with Crippen molar-refractivity contribution in [3.63, 3.8) is 0 Å². The fourth-order valence-electron chi connectivity index (χ4n) is 3.86. The Morgan fingerprint density at radius 1 is 1.25 bits per heavy atom. The number of benzene rings is 1. The maximum absolute atomic E-state index is 12.6. The van der Waals surface area contributed by atoms with Crippen LogP contribution in [0.5, 0.6) is 0 Å². The lowest BCUT2D eigenvalue weighted by molar-refractivity contribution is -0.170. The summed E-state index contributed by atoms with van der Waals surface area (Å²) in [5.41, 5.74) is 0.340. The summed E-state index contributed by atoms with van der Waals surface area (Å²) >= 11 is 0. The summed E-state index contributed by atoms with van der Waals surface area (Å²) in [7, 11) is 0. The predicted octanol–water partition coefficient (Wildman–Crippen LogP) is 2.36. The van der Waals surface area contributed by atoms with Gasteiger partial charge in [0, 0.05) is 19.5 Å². The molecule has 1 atom stereocenters. The number of aromatic nitrogens is 1. The van der Waals surface area contributed by atoms with E-state index < -0.39 is 5.60 Å². The third-order valence-corrected chi connectivity index (χ3v) is 5.19. The normalized spacial score (nSPS) is 26.8. The second-order valence-corrected chi connectivity index (χ2v) is 7.23. The van der Waals surface area contributed by atoms with E-state index in [1.54, 1.807) is 4.90 Å². The number of aliphatic hydroxyl groups is 1. The van der Waals surface area contributed by atoms with Crippen LogP contribution in [0.2, 0.25) is 0 Å². The van der Waals surface area contributed by atoms with E-state index in [4.69, 9.17) is 9.15 Å². The highest BCUT2D eigenvalue weighted by atomic mass is 16.5. The molecule has 6 nitrogen and oxygen atoms in total. The topological polar surface area (TPSA) is 75.8 Å². The first-order chi connectivity index (χ1) is 11.5. The van der Waals surface area contributed by atoms with Crippen LogP contribution < -0.4 is 0 Å². The van der Waals surface area contributed by atoms with Crippen molar-refractivity contribution < 1.29 is 19.1 Å². The molecule has 0 saturated carbocycles. The molecule has 24 heavy (non-hydrogen) atoms. The van der Waals surface area contributed by atoms with Gasteiger partial charge in [-0.3, -0.25) is 4.79 Å². The molecule has 1 unspecified atom stereocenters. The van der Waals surface area contributed by atoms with E-state index in [0.717, 1.165) is 12.8 Å². The molecular weight excluding hydrogens is 308 g/mol. The Hall–Kier alpha value is -1.92. The average molecular weight is 330 g/mol. The van der Waals surface area contributed by atoms with Gasteiger partial charge in [0.25, 0.3) is 5.89 Å². The Morgan fingerprint density at radius 2 is 2.00 bits per heavy atom. The zero-order chi connectivity index (χ0) is 16.8. The van der Waals surface area contributed by atoms with Crippen LogP contribution >= 0.6 is 0 Å². The summed E-state index contributed by atoms with van der Waals surface area (Å²) < 4.78 is 11.6. The Labute approximate surface area is 140 Å². The van der Waals surface area contributed by atoms with E-state index in [-0.39, 0.29) is 17.4 Å². The van der Waals surface area contributed by atoms with Crippen molar-refractivity contribution in [2.75, 3.05) is 19.7 Å². The second-order valence-electron chi connectivity index (χ2n) is 7.23. The van der Waals surface area contributed by atoms with Crippen LogP contribution in [0.15, 0.2) is 28.7 Å². The minimum absolute atomic E-state index is 0.142. The van der Waals surface area contributed by atoms with Gasteiger partial charge in [0.1, 0.15) is 5.52 Å². The molecule has 6 heteroatoms. The van der Waals surface area contributed by atoms with Gasteiger partial charge >= 0.3 is 5.91 Å². The molecule has 2 aromatic rings. The highest BCUT2D eigenvalue weighted by molar-refractivity contribution is 5.92. The van der Waals surface area contributed by atoms with Crippen molar-refractivity contribution in [2.24, 2.45) is 0 Å². The molecule has 2 saturated heterocycles. The number of amides is 1. The van der Waals surface area contributed by atoms with Crippen LogP contribution in [0.25, 0.3) is 11.1 Å². The van der Waals surface area contributed by atoms with E-state index in [2.05, 4.69) is 4.98 Å². The maximum atomic E-state index is 12.6. The number of rotatable bonds is 1. The first-order valence-corrected chi connectivity index (χ1v) is 8.48. The second kappa shape index (κ2) is 5.57. The summed E-state index contributed by atoms with van der Waals surface area (Å²) in [6, 6.07) is 7.37. The number of para-hydroxylation sites is 2. The van der Waals surface area contributed by atoms with E-state index in [1.807, 2.05) is 31.2 Å². The molecule has 0 bridgehead atoms. The molecule has 4 rings (SSSR count). The monoisotopic (exact) mass is 330 g/mol. The number of hydrogen-bond donors (Lipinski definition) is 1. The van der Waals surface area contributed by atoms with Crippen LogP contribution in [0.4, 0.5) is 0 Å². The first kappa shape index (κ1) is 15.6. The van der Waals surface area contributed by atoms with Crippen molar-refractivity contribution in [3.05, 3.63) is 30.2 Å². The quantitative estimate of drug-likeness (QED) is 0.869.